The second kappa shape index (κ2) is 6.92. The number of anilines is 1. The zero-order valence-corrected chi connectivity index (χ0v) is 11.3. The van der Waals surface area contributed by atoms with Gasteiger partial charge in [-0.3, -0.25) is 4.79 Å². The molecule has 1 amide bonds. The quantitative estimate of drug-likeness (QED) is 0.783. The fourth-order valence-corrected chi connectivity index (χ4v) is 1.88. The molecule has 1 rings (SSSR count). The average molecular weight is 281 g/mol. The summed E-state index contributed by atoms with van der Waals surface area (Å²) >= 11 is 0. The highest BCUT2D eigenvalue weighted by Crippen LogP contribution is 2.09. The Kier molecular flexibility index (Phi) is 5.55. The minimum atomic E-state index is -3.34. The predicted octanol–water partition coefficient (Wildman–Crippen LogP) is 0.404. The zero-order valence-electron chi connectivity index (χ0n) is 10.5. The number of carbonyl (C=O) groups is 1. The van der Waals surface area contributed by atoms with Crippen LogP contribution in [0.2, 0.25) is 0 Å². The number of benzene rings is 1. The first-order valence-corrected chi connectivity index (χ1v) is 7.64. The second-order valence-electron chi connectivity index (χ2n) is 3.97. The van der Waals surface area contributed by atoms with Gasteiger partial charge in [0.05, 0.1) is 6.61 Å². The molecule has 5 nitrogen and oxygen atoms in total. The van der Waals surface area contributed by atoms with E-state index in [0.717, 1.165) is 6.26 Å². The number of hydrogen-bond donors (Lipinski definition) is 2. The van der Waals surface area contributed by atoms with Crippen molar-refractivity contribution in [3.05, 3.63) is 29.8 Å². The van der Waals surface area contributed by atoms with E-state index in [9.17, 15) is 13.2 Å². The van der Waals surface area contributed by atoms with Crippen LogP contribution in [0, 0.1) is 11.8 Å². The van der Waals surface area contributed by atoms with Crippen molar-refractivity contribution in [3.63, 3.8) is 0 Å². The summed E-state index contributed by atoms with van der Waals surface area (Å²) in [6.45, 7) is -0.00220. The van der Waals surface area contributed by atoms with Crippen LogP contribution < -0.4 is 5.32 Å². The molecule has 0 aliphatic carbocycles. The van der Waals surface area contributed by atoms with Crippen molar-refractivity contribution in [2.24, 2.45) is 0 Å². The summed E-state index contributed by atoms with van der Waals surface area (Å²) < 4.78 is 21.9. The maximum Gasteiger partial charge on any atom is 0.239 e. The Morgan fingerprint density at radius 2 is 2.16 bits per heavy atom. The van der Waals surface area contributed by atoms with Crippen LogP contribution in [0.5, 0.6) is 0 Å². The van der Waals surface area contributed by atoms with E-state index in [1.54, 1.807) is 24.3 Å². The van der Waals surface area contributed by atoms with Crippen LogP contribution in [0.1, 0.15) is 12.0 Å². The van der Waals surface area contributed by atoms with Crippen LogP contribution >= 0.6 is 0 Å². The van der Waals surface area contributed by atoms with Gasteiger partial charge in [0.1, 0.15) is 5.75 Å². The van der Waals surface area contributed by atoms with Gasteiger partial charge in [0.15, 0.2) is 9.84 Å². The van der Waals surface area contributed by atoms with Gasteiger partial charge in [-0.2, -0.15) is 0 Å². The third-order valence-electron chi connectivity index (χ3n) is 2.01. The van der Waals surface area contributed by atoms with Crippen LogP contribution in [0.25, 0.3) is 0 Å². The van der Waals surface area contributed by atoms with E-state index in [1.165, 1.54) is 0 Å². The molecule has 1 aromatic rings. The molecular formula is C13H15NO4S. The summed E-state index contributed by atoms with van der Waals surface area (Å²) in [4.78, 5) is 11.4. The van der Waals surface area contributed by atoms with Crippen LogP contribution in [-0.4, -0.2) is 38.0 Å². The third kappa shape index (κ3) is 6.60. The number of nitrogens with one attached hydrogen (secondary N) is 1. The van der Waals surface area contributed by atoms with Crippen molar-refractivity contribution in [1.29, 1.82) is 0 Å². The molecule has 1 aromatic carbocycles. The summed E-state index contributed by atoms with van der Waals surface area (Å²) in [6.07, 6.45) is 1.38. The molecule has 0 aliphatic heterocycles. The van der Waals surface area contributed by atoms with E-state index >= 15 is 0 Å². The minimum Gasteiger partial charge on any atom is -0.395 e. The number of amides is 1. The molecule has 0 atom stereocenters. The fraction of sp³-hybridized carbons (Fsp3) is 0.308. The summed E-state index contributed by atoms with van der Waals surface area (Å²) in [5.41, 5.74) is 1.18. The van der Waals surface area contributed by atoms with Gasteiger partial charge in [-0.1, -0.05) is 17.9 Å². The first kappa shape index (κ1) is 15.2. The summed E-state index contributed by atoms with van der Waals surface area (Å²) in [6, 6.07) is 6.76. The Bertz CT molecular complexity index is 611. The molecule has 0 bridgehead atoms. The number of sulfone groups is 1. The number of aliphatic hydroxyl groups excluding tert-OH is 1. The van der Waals surface area contributed by atoms with E-state index in [1.807, 2.05) is 0 Å². The first-order chi connectivity index (χ1) is 8.90. The highest BCUT2D eigenvalue weighted by molar-refractivity contribution is 7.91. The van der Waals surface area contributed by atoms with E-state index in [-0.39, 0.29) is 6.61 Å². The number of rotatable bonds is 4. The highest BCUT2D eigenvalue weighted by Gasteiger charge is 2.10. The number of hydrogen-bond acceptors (Lipinski definition) is 4. The summed E-state index contributed by atoms with van der Waals surface area (Å²) in [5.74, 6) is 4.46. The second-order valence-corrected chi connectivity index (χ2v) is 6.11. The van der Waals surface area contributed by atoms with Crippen LogP contribution in [-0.2, 0) is 14.6 Å². The van der Waals surface area contributed by atoms with E-state index in [2.05, 4.69) is 17.2 Å². The van der Waals surface area contributed by atoms with Crippen LogP contribution in [0.3, 0.4) is 0 Å². The van der Waals surface area contributed by atoms with Gasteiger partial charge >= 0.3 is 0 Å². The van der Waals surface area contributed by atoms with Crippen molar-refractivity contribution in [1.82, 2.24) is 0 Å². The average Bonchev–Trinajstić information content (AvgIpc) is 2.27. The molecule has 6 heteroatoms. The van der Waals surface area contributed by atoms with Gasteiger partial charge in [-0.15, -0.1) is 0 Å². The molecule has 0 heterocycles. The molecule has 0 unspecified atom stereocenters. The normalized spacial score (nSPS) is 10.4. The maximum atomic E-state index is 11.4. The Labute approximate surface area is 112 Å². The Balaban J connectivity index is 2.73. The molecule has 19 heavy (non-hydrogen) atoms. The largest absolute Gasteiger partial charge is 0.395 e. The predicted molar refractivity (Wildman–Crippen MR) is 73.4 cm³/mol. The van der Waals surface area contributed by atoms with Crippen molar-refractivity contribution in [3.8, 4) is 11.8 Å². The Hall–Kier alpha value is -1.84. The zero-order chi connectivity index (χ0) is 14.3. The molecule has 0 saturated carbocycles. The monoisotopic (exact) mass is 281 g/mol. The van der Waals surface area contributed by atoms with E-state index < -0.39 is 21.5 Å². The SMILES string of the molecule is CS(=O)(=O)CC(=O)Nc1cccc(C#CCCO)c1. The first-order valence-electron chi connectivity index (χ1n) is 5.58. The highest BCUT2D eigenvalue weighted by atomic mass is 32.2. The van der Waals surface area contributed by atoms with Gasteiger partial charge in [0, 0.05) is 23.9 Å². The molecule has 0 radical (unpaired) electrons. The fourth-order valence-electron chi connectivity index (χ4n) is 1.33. The smallest absolute Gasteiger partial charge is 0.239 e. The van der Waals surface area contributed by atoms with Gasteiger partial charge in [0.2, 0.25) is 5.91 Å². The number of carbonyl (C=O) groups excluding carboxylic acids is 1. The lowest BCUT2D eigenvalue weighted by Crippen LogP contribution is -2.21. The lowest BCUT2D eigenvalue weighted by atomic mass is 10.2. The summed E-state index contributed by atoms with van der Waals surface area (Å²) in [7, 11) is -3.34. The molecule has 2 N–H and O–H groups in total. The topological polar surface area (TPSA) is 83.5 Å². The maximum absolute atomic E-state index is 11.4. The standard InChI is InChI=1S/C13H15NO4S/c1-19(17,18)10-13(16)14-12-7-4-6-11(9-12)5-2-3-8-15/h4,6-7,9,15H,3,8,10H2,1H3,(H,14,16). The molecule has 0 spiro atoms. The molecular weight excluding hydrogens is 266 g/mol. The van der Waals surface area contributed by atoms with Gasteiger partial charge < -0.3 is 10.4 Å². The van der Waals surface area contributed by atoms with Crippen molar-refractivity contribution >= 4 is 21.4 Å². The van der Waals surface area contributed by atoms with Gasteiger partial charge in [-0.05, 0) is 18.2 Å². The van der Waals surface area contributed by atoms with Crippen molar-refractivity contribution < 1.29 is 18.3 Å². The lowest BCUT2D eigenvalue weighted by Gasteiger charge is -2.04. The molecule has 0 saturated heterocycles. The molecule has 0 aromatic heterocycles. The minimum absolute atomic E-state index is 0.00220. The van der Waals surface area contributed by atoms with E-state index in [4.69, 9.17) is 5.11 Å². The lowest BCUT2D eigenvalue weighted by molar-refractivity contribution is -0.113. The Morgan fingerprint density at radius 3 is 2.79 bits per heavy atom. The number of aliphatic hydroxyl groups is 1. The molecule has 0 fully saturated rings. The van der Waals surface area contributed by atoms with Crippen molar-refractivity contribution in [2.45, 2.75) is 6.42 Å². The van der Waals surface area contributed by atoms with Crippen LogP contribution in [0.15, 0.2) is 24.3 Å². The summed E-state index contributed by atoms with van der Waals surface area (Å²) in [5, 5.41) is 11.1. The van der Waals surface area contributed by atoms with E-state index in [0.29, 0.717) is 17.7 Å². The molecule has 0 aliphatic rings. The van der Waals surface area contributed by atoms with Gasteiger partial charge in [0.25, 0.3) is 0 Å². The van der Waals surface area contributed by atoms with Crippen LogP contribution in [0.4, 0.5) is 5.69 Å². The van der Waals surface area contributed by atoms with Crippen molar-refractivity contribution in [2.75, 3.05) is 23.9 Å². The molecule has 102 valence electrons. The third-order valence-corrected chi connectivity index (χ3v) is 2.80. The van der Waals surface area contributed by atoms with Gasteiger partial charge in [-0.25, -0.2) is 8.42 Å². The Morgan fingerprint density at radius 1 is 1.42 bits per heavy atom.